The normalized spacial score (nSPS) is 9.62. The molecule has 0 spiro atoms. The van der Waals surface area contributed by atoms with E-state index >= 15 is 0 Å². The molecule has 3 aromatic carbocycles. The molecule has 0 heterocycles. The number of benzene rings is 3. The van der Waals surface area contributed by atoms with Crippen molar-refractivity contribution in [2.75, 3.05) is 4.90 Å². The molecular formula is C23H25N. The van der Waals surface area contributed by atoms with Crippen LogP contribution in [0.25, 0.3) is 5.70 Å². The Morgan fingerprint density at radius 2 is 1.08 bits per heavy atom. The van der Waals surface area contributed by atoms with Gasteiger partial charge in [0.1, 0.15) is 0 Å². The topological polar surface area (TPSA) is 3.24 Å². The van der Waals surface area contributed by atoms with Gasteiger partial charge in [0.2, 0.25) is 0 Å². The molecule has 0 atom stereocenters. The number of rotatable bonds is 4. The summed E-state index contributed by atoms with van der Waals surface area (Å²) in [6.45, 7) is 10.4. The zero-order valence-corrected chi connectivity index (χ0v) is 14.7. The SMILES string of the molecule is C=C(c1ccc(C)cc1)N(c1ccccc1)c1ccccc1.CC. The van der Waals surface area contributed by atoms with E-state index in [0.717, 1.165) is 22.6 Å². The lowest BCUT2D eigenvalue weighted by Gasteiger charge is -2.27. The van der Waals surface area contributed by atoms with E-state index in [9.17, 15) is 0 Å². The maximum Gasteiger partial charge on any atom is 0.0462 e. The predicted octanol–water partition coefficient (Wildman–Crippen LogP) is 6.83. The van der Waals surface area contributed by atoms with Crippen LogP contribution in [0.4, 0.5) is 11.4 Å². The van der Waals surface area contributed by atoms with Crippen molar-refractivity contribution in [3.05, 3.63) is 103 Å². The van der Waals surface area contributed by atoms with Crippen LogP contribution >= 0.6 is 0 Å². The van der Waals surface area contributed by atoms with Crippen LogP contribution in [0.2, 0.25) is 0 Å². The fraction of sp³-hybridized carbons (Fsp3) is 0.130. The first kappa shape index (κ1) is 17.6. The van der Waals surface area contributed by atoms with Crippen LogP contribution < -0.4 is 4.90 Å². The fourth-order valence-corrected chi connectivity index (χ4v) is 2.49. The molecule has 122 valence electrons. The Kier molecular flexibility index (Phi) is 6.39. The van der Waals surface area contributed by atoms with Crippen molar-refractivity contribution in [1.29, 1.82) is 0 Å². The summed E-state index contributed by atoms with van der Waals surface area (Å²) in [6, 6.07) is 29.2. The van der Waals surface area contributed by atoms with Crippen molar-refractivity contribution in [3.63, 3.8) is 0 Å². The number of nitrogens with zero attached hydrogens (tertiary/aromatic N) is 1. The molecule has 3 aromatic rings. The van der Waals surface area contributed by atoms with Gasteiger partial charge in [-0.15, -0.1) is 0 Å². The van der Waals surface area contributed by atoms with Crippen LogP contribution in [-0.2, 0) is 0 Å². The number of anilines is 2. The van der Waals surface area contributed by atoms with Crippen LogP contribution in [0.1, 0.15) is 25.0 Å². The summed E-state index contributed by atoms with van der Waals surface area (Å²) in [7, 11) is 0. The molecule has 0 N–H and O–H groups in total. The lowest BCUT2D eigenvalue weighted by Crippen LogP contribution is -2.14. The predicted molar refractivity (Wildman–Crippen MR) is 107 cm³/mol. The standard InChI is InChI=1S/C21H19N.C2H6/c1-17-13-15-19(16-14-17)18(2)22(20-9-5-3-6-10-20)21-11-7-4-8-12-21;1-2/h3-16H,2H2,1H3;1-2H3. The summed E-state index contributed by atoms with van der Waals surface area (Å²) < 4.78 is 0. The van der Waals surface area contributed by atoms with E-state index in [4.69, 9.17) is 0 Å². The first-order valence-corrected chi connectivity index (χ1v) is 8.42. The molecule has 0 fully saturated rings. The Labute approximate surface area is 145 Å². The van der Waals surface area contributed by atoms with Crippen molar-refractivity contribution >= 4 is 17.1 Å². The van der Waals surface area contributed by atoms with E-state index in [0.29, 0.717) is 0 Å². The first-order valence-electron chi connectivity index (χ1n) is 8.42. The van der Waals surface area contributed by atoms with E-state index in [2.05, 4.69) is 66.9 Å². The monoisotopic (exact) mass is 315 g/mol. The Morgan fingerprint density at radius 3 is 1.50 bits per heavy atom. The molecule has 0 aliphatic carbocycles. The average molecular weight is 315 g/mol. The first-order chi connectivity index (χ1) is 11.8. The maximum absolute atomic E-state index is 4.33. The number of hydrogen-bond acceptors (Lipinski definition) is 1. The van der Waals surface area contributed by atoms with Gasteiger partial charge in [0.25, 0.3) is 0 Å². The molecule has 0 unspecified atom stereocenters. The van der Waals surface area contributed by atoms with Crippen molar-refractivity contribution in [1.82, 2.24) is 0 Å². The van der Waals surface area contributed by atoms with Crippen molar-refractivity contribution in [2.24, 2.45) is 0 Å². The van der Waals surface area contributed by atoms with Gasteiger partial charge in [0, 0.05) is 17.1 Å². The second-order valence-electron chi connectivity index (χ2n) is 5.32. The third kappa shape index (κ3) is 4.14. The van der Waals surface area contributed by atoms with Crippen LogP contribution in [-0.4, -0.2) is 0 Å². The molecule has 0 bridgehead atoms. The smallest absolute Gasteiger partial charge is 0.0462 e. The van der Waals surface area contributed by atoms with Gasteiger partial charge in [0.05, 0.1) is 0 Å². The van der Waals surface area contributed by atoms with Gasteiger partial charge in [-0.3, -0.25) is 0 Å². The van der Waals surface area contributed by atoms with Crippen LogP contribution in [0.5, 0.6) is 0 Å². The summed E-state index contributed by atoms with van der Waals surface area (Å²) in [5.74, 6) is 0. The summed E-state index contributed by atoms with van der Waals surface area (Å²) in [5, 5.41) is 0. The molecule has 0 saturated heterocycles. The maximum atomic E-state index is 4.33. The zero-order chi connectivity index (χ0) is 17.4. The van der Waals surface area contributed by atoms with E-state index < -0.39 is 0 Å². The molecule has 24 heavy (non-hydrogen) atoms. The highest BCUT2D eigenvalue weighted by Gasteiger charge is 2.13. The van der Waals surface area contributed by atoms with Gasteiger partial charge in [0.15, 0.2) is 0 Å². The second-order valence-corrected chi connectivity index (χ2v) is 5.32. The van der Waals surface area contributed by atoms with E-state index in [1.165, 1.54) is 5.56 Å². The van der Waals surface area contributed by atoms with Gasteiger partial charge in [-0.25, -0.2) is 0 Å². The molecule has 1 heteroatoms. The van der Waals surface area contributed by atoms with Gasteiger partial charge in [-0.2, -0.15) is 0 Å². The van der Waals surface area contributed by atoms with E-state index in [1.807, 2.05) is 50.2 Å². The number of para-hydroxylation sites is 2. The third-order valence-corrected chi connectivity index (χ3v) is 3.68. The fourth-order valence-electron chi connectivity index (χ4n) is 2.49. The van der Waals surface area contributed by atoms with Crippen LogP contribution in [0.15, 0.2) is 91.5 Å². The highest BCUT2D eigenvalue weighted by Crippen LogP contribution is 2.33. The Hall–Kier alpha value is -2.80. The summed E-state index contributed by atoms with van der Waals surface area (Å²) in [6.07, 6.45) is 0. The second kappa shape index (κ2) is 8.73. The van der Waals surface area contributed by atoms with Gasteiger partial charge < -0.3 is 4.90 Å². The minimum Gasteiger partial charge on any atom is -0.311 e. The van der Waals surface area contributed by atoms with Gasteiger partial charge in [-0.1, -0.05) is 86.7 Å². The largest absolute Gasteiger partial charge is 0.311 e. The quantitative estimate of drug-likeness (QED) is 0.510. The number of hydrogen-bond donors (Lipinski definition) is 0. The molecule has 1 nitrogen and oxygen atoms in total. The highest BCUT2D eigenvalue weighted by molar-refractivity contribution is 5.86. The van der Waals surface area contributed by atoms with Gasteiger partial charge in [-0.05, 0) is 36.8 Å². The molecule has 0 amide bonds. The van der Waals surface area contributed by atoms with Crippen molar-refractivity contribution in [3.8, 4) is 0 Å². The summed E-state index contributed by atoms with van der Waals surface area (Å²) >= 11 is 0. The number of aryl methyl sites for hydroxylation is 1. The van der Waals surface area contributed by atoms with Crippen LogP contribution in [0.3, 0.4) is 0 Å². The van der Waals surface area contributed by atoms with E-state index in [-0.39, 0.29) is 0 Å². The molecule has 3 rings (SSSR count). The Balaban J connectivity index is 0.00000100. The molecule has 0 aliphatic rings. The minimum absolute atomic E-state index is 0.970. The Morgan fingerprint density at radius 1 is 0.667 bits per heavy atom. The molecule has 0 radical (unpaired) electrons. The van der Waals surface area contributed by atoms with E-state index in [1.54, 1.807) is 0 Å². The minimum atomic E-state index is 0.970. The van der Waals surface area contributed by atoms with Crippen LogP contribution in [0, 0.1) is 6.92 Å². The molecule has 0 aliphatic heterocycles. The molecular weight excluding hydrogens is 290 g/mol. The summed E-state index contributed by atoms with van der Waals surface area (Å²) in [5.41, 5.74) is 5.57. The molecule has 0 aromatic heterocycles. The zero-order valence-electron chi connectivity index (χ0n) is 14.7. The lowest BCUT2D eigenvalue weighted by atomic mass is 10.1. The van der Waals surface area contributed by atoms with Gasteiger partial charge >= 0.3 is 0 Å². The third-order valence-electron chi connectivity index (χ3n) is 3.68. The molecule has 0 saturated carbocycles. The lowest BCUT2D eigenvalue weighted by molar-refractivity contribution is 1.29. The van der Waals surface area contributed by atoms with Crippen molar-refractivity contribution in [2.45, 2.75) is 20.8 Å². The average Bonchev–Trinajstić information content (AvgIpc) is 2.66. The van der Waals surface area contributed by atoms with Crippen molar-refractivity contribution < 1.29 is 0 Å². The highest BCUT2D eigenvalue weighted by atomic mass is 15.1. The Bertz CT molecular complexity index is 704. The summed E-state index contributed by atoms with van der Waals surface area (Å²) in [4.78, 5) is 2.19.